The Morgan fingerprint density at radius 2 is 1.62 bits per heavy atom. The van der Waals surface area contributed by atoms with Gasteiger partial charge in [0.25, 0.3) is 17.5 Å². The Kier molecular flexibility index (Phi) is 5.41. The van der Waals surface area contributed by atoms with Crippen molar-refractivity contribution in [1.29, 1.82) is 0 Å². The van der Waals surface area contributed by atoms with Crippen molar-refractivity contribution in [3.63, 3.8) is 0 Å². The molecule has 0 aliphatic carbocycles. The summed E-state index contributed by atoms with van der Waals surface area (Å²) in [6, 6.07) is 10.3. The highest BCUT2D eigenvalue weighted by Crippen LogP contribution is 2.31. The lowest BCUT2D eigenvalue weighted by Gasteiger charge is -2.13. The third-order valence-corrected chi connectivity index (χ3v) is 4.67. The third kappa shape index (κ3) is 4.30. The number of amides is 3. The summed E-state index contributed by atoms with van der Waals surface area (Å²) in [5.41, 5.74) is 2.57. The van der Waals surface area contributed by atoms with E-state index in [1.54, 1.807) is 0 Å². The number of non-ortho nitro benzene ring substituents is 1. The Balaban J connectivity index is 1.73. The number of nitrogens with one attached hydrogen (secondary N) is 1. The van der Waals surface area contributed by atoms with E-state index in [0.717, 1.165) is 12.1 Å². The van der Waals surface area contributed by atoms with E-state index in [9.17, 15) is 29.3 Å². The van der Waals surface area contributed by atoms with Crippen LogP contribution in [-0.4, -0.2) is 38.1 Å². The van der Waals surface area contributed by atoms with Crippen LogP contribution >= 0.6 is 11.8 Å². The van der Waals surface area contributed by atoms with Gasteiger partial charge >= 0.3 is 11.2 Å². The van der Waals surface area contributed by atoms with E-state index in [0.29, 0.717) is 22.3 Å². The lowest BCUT2D eigenvalue weighted by molar-refractivity contribution is -0.384. The molecule has 0 saturated carbocycles. The molecule has 10 nitrogen and oxygen atoms in total. The molecule has 1 fully saturated rings. The lowest BCUT2D eigenvalue weighted by atomic mass is 10.1. The van der Waals surface area contributed by atoms with Crippen molar-refractivity contribution >= 4 is 46.5 Å². The van der Waals surface area contributed by atoms with Gasteiger partial charge in [0.1, 0.15) is 0 Å². The molecule has 0 aromatic heterocycles. The van der Waals surface area contributed by atoms with E-state index < -0.39 is 27.9 Å². The fourth-order valence-corrected chi connectivity index (χ4v) is 3.12. The lowest BCUT2D eigenvalue weighted by Crippen LogP contribution is -2.44. The maximum Gasteiger partial charge on any atom is 0.335 e. The Labute approximate surface area is 166 Å². The fourth-order valence-electron chi connectivity index (χ4n) is 2.34. The van der Waals surface area contributed by atoms with Gasteiger partial charge < -0.3 is 5.11 Å². The smallest absolute Gasteiger partial charge is 0.335 e. The standard InChI is InChI=1S/C18H11N3O7S/c22-15(11-5-7-13(8-6-11)21(27)28)19-20-16(23)14(29-18(20)26)9-10-1-3-12(4-2-10)17(24)25/h1-9H,(H,19,22)(H,24,25). The Hall–Kier alpha value is -3.99. The van der Waals surface area contributed by atoms with Gasteiger partial charge in [0.15, 0.2) is 0 Å². The van der Waals surface area contributed by atoms with Crippen LogP contribution in [0.25, 0.3) is 6.08 Å². The second-order valence-corrected chi connectivity index (χ2v) is 6.68. The van der Waals surface area contributed by atoms with E-state index in [1.165, 1.54) is 42.5 Å². The van der Waals surface area contributed by atoms with Crippen molar-refractivity contribution in [2.24, 2.45) is 0 Å². The molecule has 11 heteroatoms. The number of hydrogen-bond donors (Lipinski definition) is 2. The van der Waals surface area contributed by atoms with Crippen LogP contribution in [0.1, 0.15) is 26.3 Å². The van der Waals surface area contributed by atoms with Crippen LogP contribution in [0.5, 0.6) is 0 Å². The number of carboxylic acids is 1. The van der Waals surface area contributed by atoms with Crippen LogP contribution in [0.3, 0.4) is 0 Å². The summed E-state index contributed by atoms with van der Waals surface area (Å²) >= 11 is 0.609. The first-order chi connectivity index (χ1) is 13.8. The van der Waals surface area contributed by atoms with Crippen molar-refractivity contribution < 1.29 is 29.2 Å². The van der Waals surface area contributed by atoms with Gasteiger partial charge in [-0.25, -0.2) is 4.79 Å². The summed E-state index contributed by atoms with van der Waals surface area (Å²) in [5, 5.41) is 19.4. The number of hydrazine groups is 1. The summed E-state index contributed by atoms with van der Waals surface area (Å²) in [4.78, 5) is 57.7. The molecular weight excluding hydrogens is 402 g/mol. The molecule has 0 unspecified atom stereocenters. The average molecular weight is 413 g/mol. The molecule has 3 rings (SSSR count). The number of nitrogens with zero attached hydrogens (tertiary/aromatic N) is 2. The van der Waals surface area contributed by atoms with E-state index in [2.05, 4.69) is 5.43 Å². The van der Waals surface area contributed by atoms with E-state index in [-0.39, 0.29) is 21.7 Å². The highest BCUT2D eigenvalue weighted by atomic mass is 32.2. The number of nitro benzene ring substituents is 1. The molecule has 2 aromatic carbocycles. The van der Waals surface area contributed by atoms with Crippen LogP contribution in [0.15, 0.2) is 53.4 Å². The molecule has 0 spiro atoms. The summed E-state index contributed by atoms with van der Waals surface area (Å²) < 4.78 is 0. The number of imide groups is 1. The van der Waals surface area contributed by atoms with E-state index in [4.69, 9.17) is 5.11 Å². The normalized spacial score (nSPS) is 14.9. The number of thioether (sulfide) groups is 1. The second kappa shape index (κ2) is 7.94. The van der Waals surface area contributed by atoms with Gasteiger partial charge in [-0.1, -0.05) is 12.1 Å². The molecule has 146 valence electrons. The van der Waals surface area contributed by atoms with Gasteiger partial charge in [-0.2, -0.15) is 5.01 Å². The van der Waals surface area contributed by atoms with Gasteiger partial charge in [0.2, 0.25) is 0 Å². The van der Waals surface area contributed by atoms with E-state index in [1.807, 2.05) is 0 Å². The Morgan fingerprint density at radius 3 is 2.17 bits per heavy atom. The molecule has 1 heterocycles. The number of nitro groups is 1. The number of rotatable bonds is 5. The van der Waals surface area contributed by atoms with Crippen LogP contribution in [0.4, 0.5) is 10.5 Å². The van der Waals surface area contributed by atoms with Gasteiger partial charge in [-0.05, 0) is 47.7 Å². The molecule has 29 heavy (non-hydrogen) atoms. The zero-order valence-corrected chi connectivity index (χ0v) is 15.2. The molecule has 3 amide bonds. The topological polar surface area (TPSA) is 147 Å². The number of carbonyl (C=O) groups excluding carboxylic acids is 3. The molecule has 0 atom stereocenters. The number of carbonyl (C=O) groups is 4. The largest absolute Gasteiger partial charge is 0.478 e. The molecule has 0 radical (unpaired) electrons. The Morgan fingerprint density at radius 1 is 1.03 bits per heavy atom. The molecule has 1 saturated heterocycles. The monoisotopic (exact) mass is 413 g/mol. The third-order valence-electron chi connectivity index (χ3n) is 3.80. The first kappa shape index (κ1) is 19.8. The highest BCUT2D eigenvalue weighted by molar-refractivity contribution is 8.18. The summed E-state index contributed by atoms with van der Waals surface area (Å²) in [6.45, 7) is 0. The van der Waals surface area contributed by atoms with Gasteiger partial charge in [-0.3, -0.25) is 29.9 Å². The number of benzene rings is 2. The minimum Gasteiger partial charge on any atom is -0.478 e. The molecule has 2 aromatic rings. The van der Waals surface area contributed by atoms with Gasteiger partial charge in [0.05, 0.1) is 15.4 Å². The predicted octanol–water partition coefficient (Wildman–Crippen LogP) is 2.67. The van der Waals surface area contributed by atoms with Crippen molar-refractivity contribution in [3.8, 4) is 0 Å². The SMILES string of the molecule is O=C(O)c1ccc(C=C2SC(=O)N(NC(=O)c3ccc([N+](=O)[O-])cc3)C2=O)cc1. The van der Waals surface area contributed by atoms with Crippen LogP contribution in [0, 0.1) is 10.1 Å². The fraction of sp³-hybridized carbons (Fsp3) is 0. The zero-order valence-electron chi connectivity index (χ0n) is 14.4. The second-order valence-electron chi connectivity index (χ2n) is 5.69. The molecular formula is C18H11N3O7S. The van der Waals surface area contributed by atoms with Crippen molar-refractivity contribution in [1.82, 2.24) is 10.4 Å². The Bertz CT molecular complexity index is 1060. The molecule has 0 bridgehead atoms. The maximum absolute atomic E-state index is 12.4. The molecule has 1 aliphatic rings. The number of carboxylic acid groups (broad SMARTS) is 1. The summed E-state index contributed by atoms with van der Waals surface area (Å²) in [5.74, 6) is -2.63. The van der Waals surface area contributed by atoms with Crippen molar-refractivity contribution in [3.05, 3.63) is 80.2 Å². The minimum absolute atomic E-state index is 0.0305. The van der Waals surface area contributed by atoms with Crippen LogP contribution < -0.4 is 5.43 Å². The first-order valence-electron chi connectivity index (χ1n) is 7.93. The quantitative estimate of drug-likeness (QED) is 0.432. The van der Waals surface area contributed by atoms with E-state index >= 15 is 0 Å². The van der Waals surface area contributed by atoms with Crippen LogP contribution in [-0.2, 0) is 4.79 Å². The predicted molar refractivity (Wildman–Crippen MR) is 102 cm³/mol. The van der Waals surface area contributed by atoms with Crippen molar-refractivity contribution in [2.75, 3.05) is 0 Å². The van der Waals surface area contributed by atoms with Gasteiger partial charge in [0, 0.05) is 17.7 Å². The summed E-state index contributed by atoms with van der Waals surface area (Å²) in [6.07, 6.45) is 1.40. The zero-order chi connectivity index (χ0) is 21.1. The summed E-state index contributed by atoms with van der Waals surface area (Å²) in [7, 11) is 0. The van der Waals surface area contributed by atoms with Crippen molar-refractivity contribution in [2.45, 2.75) is 0 Å². The maximum atomic E-state index is 12.4. The molecule has 2 N–H and O–H groups in total. The average Bonchev–Trinajstić information content (AvgIpc) is 2.95. The number of aromatic carboxylic acids is 1. The molecule has 1 aliphatic heterocycles. The highest BCUT2D eigenvalue weighted by Gasteiger charge is 2.36. The van der Waals surface area contributed by atoms with Gasteiger partial charge in [-0.15, -0.1) is 0 Å². The first-order valence-corrected chi connectivity index (χ1v) is 8.74. The van der Waals surface area contributed by atoms with Crippen LogP contribution in [0.2, 0.25) is 0 Å². The minimum atomic E-state index is -1.09. The number of hydrogen-bond acceptors (Lipinski definition) is 7.